The number of carbonyl (C=O) groups is 1. The molecule has 1 aliphatic heterocycles. The predicted octanol–water partition coefficient (Wildman–Crippen LogP) is 2.35. The van der Waals surface area contributed by atoms with Crippen molar-refractivity contribution in [2.45, 2.75) is 31.3 Å². The number of aromatic nitrogens is 2. The molecule has 0 spiro atoms. The van der Waals surface area contributed by atoms with E-state index in [1.165, 1.54) is 16.3 Å². The molecular weight excluding hydrogens is 338 g/mol. The summed E-state index contributed by atoms with van der Waals surface area (Å²) in [5, 5.41) is 10.0. The fourth-order valence-electron chi connectivity index (χ4n) is 2.94. The van der Waals surface area contributed by atoms with E-state index < -0.39 is 0 Å². The lowest BCUT2D eigenvalue weighted by molar-refractivity contribution is -0.129. The molecule has 0 unspecified atom stereocenters. The average Bonchev–Trinajstić information content (AvgIpc) is 2.61. The van der Waals surface area contributed by atoms with Gasteiger partial charge in [-0.2, -0.15) is 4.98 Å². The number of para-hydroxylation sites is 1. The van der Waals surface area contributed by atoms with Gasteiger partial charge in [0.05, 0.1) is 17.5 Å². The van der Waals surface area contributed by atoms with Crippen molar-refractivity contribution in [1.82, 2.24) is 14.5 Å². The number of likely N-dealkylation sites (tertiary alicyclic amines) is 1. The third-order valence-electron chi connectivity index (χ3n) is 4.26. The third-order valence-corrected chi connectivity index (χ3v) is 5.19. The van der Waals surface area contributed by atoms with E-state index in [0.29, 0.717) is 10.8 Å². The first-order valence-corrected chi connectivity index (χ1v) is 9.34. The molecule has 0 atom stereocenters. The van der Waals surface area contributed by atoms with Crippen molar-refractivity contribution in [3.05, 3.63) is 46.2 Å². The Morgan fingerprint density at radius 2 is 1.96 bits per heavy atom. The van der Waals surface area contributed by atoms with E-state index >= 15 is 0 Å². The van der Waals surface area contributed by atoms with Gasteiger partial charge in [0.25, 0.3) is 5.56 Å². The Hall–Kier alpha value is -2.28. The van der Waals surface area contributed by atoms with E-state index in [9.17, 15) is 14.7 Å². The summed E-state index contributed by atoms with van der Waals surface area (Å²) in [5.41, 5.74) is 1.25. The minimum absolute atomic E-state index is 0.0404. The van der Waals surface area contributed by atoms with E-state index in [-0.39, 0.29) is 23.1 Å². The van der Waals surface area contributed by atoms with Crippen molar-refractivity contribution in [3.8, 4) is 11.6 Å². The second-order valence-electron chi connectivity index (χ2n) is 6.09. The van der Waals surface area contributed by atoms with Crippen LogP contribution in [0.1, 0.15) is 24.8 Å². The summed E-state index contributed by atoms with van der Waals surface area (Å²) in [6, 6.07) is 8.55. The molecule has 1 amide bonds. The maximum Gasteiger partial charge on any atom is 0.262 e. The van der Waals surface area contributed by atoms with Crippen LogP contribution >= 0.6 is 11.8 Å². The second kappa shape index (κ2) is 7.74. The van der Waals surface area contributed by atoms with E-state index in [0.717, 1.165) is 44.0 Å². The van der Waals surface area contributed by atoms with Crippen LogP contribution in [0.5, 0.6) is 5.88 Å². The summed E-state index contributed by atoms with van der Waals surface area (Å²) >= 11 is 1.18. The fourth-order valence-corrected chi connectivity index (χ4v) is 3.85. The quantitative estimate of drug-likeness (QED) is 0.670. The molecule has 0 saturated carbocycles. The summed E-state index contributed by atoms with van der Waals surface area (Å²) in [5.74, 6) is -0.0942. The fraction of sp³-hybridized carbons (Fsp3) is 0.389. The van der Waals surface area contributed by atoms with Gasteiger partial charge in [0, 0.05) is 13.1 Å². The van der Waals surface area contributed by atoms with Crippen molar-refractivity contribution in [2.24, 2.45) is 0 Å². The topological polar surface area (TPSA) is 75.4 Å². The van der Waals surface area contributed by atoms with E-state index in [1.54, 1.807) is 0 Å². The number of amides is 1. The van der Waals surface area contributed by atoms with Crippen molar-refractivity contribution in [2.75, 3.05) is 18.8 Å². The maximum atomic E-state index is 12.4. The molecule has 2 aromatic rings. The molecular formula is C18H21N3O3S. The second-order valence-corrected chi connectivity index (χ2v) is 7.03. The normalized spacial score (nSPS) is 14.5. The smallest absolute Gasteiger partial charge is 0.262 e. The largest absolute Gasteiger partial charge is 0.493 e. The van der Waals surface area contributed by atoms with Gasteiger partial charge in [-0.15, -0.1) is 0 Å². The standard InChI is InChI=1S/C18H21N3O3S/c1-13-7-3-4-8-14(13)21-16(23)11-15(22)19-18(21)25-12-17(24)20-9-5-2-6-10-20/h3-4,7-8,11,22H,2,5-6,9-10,12H2,1H3. The number of aromatic hydroxyl groups is 1. The molecule has 0 aliphatic carbocycles. The highest BCUT2D eigenvalue weighted by molar-refractivity contribution is 7.99. The molecule has 132 valence electrons. The van der Waals surface area contributed by atoms with Gasteiger partial charge in [-0.1, -0.05) is 30.0 Å². The first-order valence-electron chi connectivity index (χ1n) is 8.36. The number of piperidine rings is 1. The Labute approximate surface area is 150 Å². The van der Waals surface area contributed by atoms with Crippen LogP contribution in [-0.4, -0.2) is 44.3 Å². The first-order chi connectivity index (χ1) is 12.1. The monoisotopic (exact) mass is 359 g/mol. The molecule has 1 saturated heterocycles. The molecule has 25 heavy (non-hydrogen) atoms. The average molecular weight is 359 g/mol. The molecule has 3 rings (SSSR count). The molecule has 7 heteroatoms. The van der Waals surface area contributed by atoms with Crippen LogP contribution in [0.25, 0.3) is 5.69 Å². The highest BCUT2D eigenvalue weighted by Crippen LogP contribution is 2.23. The Kier molecular flexibility index (Phi) is 5.43. The number of rotatable bonds is 4. The van der Waals surface area contributed by atoms with Crippen molar-refractivity contribution in [3.63, 3.8) is 0 Å². The van der Waals surface area contributed by atoms with Gasteiger partial charge in [0.15, 0.2) is 5.16 Å². The number of hydrogen-bond acceptors (Lipinski definition) is 5. The molecule has 1 aliphatic rings. The highest BCUT2D eigenvalue weighted by atomic mass is 32.2. The van der Waals surface area contributed by atoms with Crippen LogP contribution in [0.15, 0.2) is 40.3 Å². The lowest BCUT2D eigenvalue weighted by Gasteiger charge is -2.26. The van der Waals surface area contributed by atoms with Gasteiger partial charge in [-0.05, 0) is 37.8 Å². The number of hydrogen-bond donors (Lipinski definition) is 1. The van der Waals surface area contributed by atoms with E-state index in [4.69, 9.17) is 0 Å². The minimum Gasteiger partial charge on any atom is -0.493 e. The van der Waals surface area contributed by atoms with E-state index in [2.05, 4.69) is 4.98 Å². The molecule has 1 aromatic carbocycles. The zero-order valence-electron chi connectivity index (χ0n) is 14.1. The third kappa shape index (κ3) is 4.04. The zero-order valence-corrected chi connectivity index (χ0v) is 15.0. The van der Waals surface area contributed by atoms with Crippen LogP contribution in [0.2, 0.25) is 0 Å². The number of benzene rings is 1. The summed E-state index contributed by atoms with van der Waals surface area (Å²) in [6.45, 7) is 3.48. The van der Waals surface area contributed by atoms with Gasteiger partial charge in [0.1, 0.15) is 0 Å². The molecule has 1 aromatic heterocycles. The van der Waals surface area contributed by atoms with Gasteiger partial charge < -0.3 is 10.0 Å². The van der Waals surface area contributed by atoms with Crippen LogP contribution in [0.4, 0.5) is 0 Å². The van der Waals surface area contributed by atoms with Crippen LogP contribution < -0.4 is 5.56 Å². The predicted molar refractivity (Wildman–Crippen MR) is 97.4 cm³/mol. The summed E-state index contributed by atoms with van der Waals surface area (Å²) < 4.78 is 1.45. The van der Waals surface area contributed by atoms with Gasteiger partial charge in [-0.25, -0.2) is 0 Å². The van der Waals surface area contributed by atoms with Crippen LogP contribution in [0.3, 0.4) is 0 Å². The van der Waals surface area contributed by atoms with Gasteiger partial charge in [-0.3, -0.25) is 14.2 Å². The zero-order chi connectivity index (χ0) is 17.8. The molecule has 6 nitrogen and oxygen atoms in total. The Bertz CT molecular complexity index is 829. The lowest BCUT2D eigenvalue weighted by atomic mass is 10.1. The Morgan fingerprint density at radius 1 is 1.24 bits per heavy atom. The van der Waals surface area contributed by atoms with Gasteiger partial charge >= 0.3 is 0 Å². The van der Waals surface area contributed by atoms with E-state index in [1.807, 2.05) is 36.1 Å². The molecule has 2 heterocycles. The van der Waals surface area contributed by atoms with Crippen molar-refractivity contribution >= 4 is 17.7 Å². The minimum atomic E-state index is -0.366. The van der Waals surface area contributed by atoms with Crippen molar-refractivity contribution in [1.29, 1.82) is 0 Å². The molecule has 0 bridgehead atoms. The SMILES string of the molecule is Cc1ccccc1-n1c(SCC(=O)N2CCCCC2)nc(O)cc1=O. The number of carbonyl (C=O) groups excluding carboxylic acids is 1. The van der Waals surface area contributed by atoms with Crippen LogP contribution in [-0.2, 0) is 4.79 Å². The number of nitrogens with zero attached hydrogens (tertiary/aromatic N) is 3. The highest BCUT2D eigenvalue weighted by Gasteiger charge is 2.19. The number of thioether (sulfide) groups is 1. The molecule has 0 radical (unpaired) electrons. The first kappa shape index (κ1) is 17.5. The molecule has 1 fully saturated rings. The lowest BCUT2D eigenvalue weighted by Crippen LogP contribution is -2.36. The van der Waals surface area contributed by atoms with Crippen molar-refractivity contribution < 1.29 is 9.90 Å². The molecule has 1 N–H and O–H groups in total. The summed E-state index contributed by atoms with van der Waals surface area (Å²) in [6.07, 6.45) is 3.24. The van der Waals surface area contributed by atoms with Crippen LogP contribution in [0, 0.1) is 6.92 Å². The Balaban J connectivity index is 1.87. The summed E-state index contributed by atoms with van der Waals surface area (Å²) in [7, 11) is 0. The summed E-state index contributed by atoms with van der Waals surface area (Å²) in [4.78, 5) is 30.7. The Morgan fingerprint density at radius 3 is 2.68 bits per heavy atom. The van der Waals surface area contributed by atoms with Gasteiger partial charge in [0.2, 0.25) is 11.8 Å². The number of aryl methyl sites for hydroxylation is 1. The maximum absolute atomic E-state index is 12.4.